The maximum absolute atomic E-state index is 12.2. The van der Waals surface area contributed by atoms with Gasteiger partial charge in [0.1, 0.15) is 5.75 Å². The molecule has 0 radical (unpaired) electrons. The third-order valence-corrected chi connectivity index (χ3v) is 3.13. The van der Waals surface area contributed by atoms with Crippen LogP contribution in [0.25, 0.3) is 0 Å². The molecule has 1 aromatic carbocycles. The van der Waals surface area contributed by atoms with E-state index in [2.05, 4.69) is 10.6 Å². The molecule has 1 unspecified atom stereocenters. The predicted octanol–water partition coefficient (Wildman–Crippen LogP) is 2.55. The van der Waals surface area contributed by atoms with Crippen molar-refractivity contribution >= 4 is 11.6 Å². The van der Waals surface area contributed by atoms with Crippen molar-refractivity contribution in [1.29, 1.82) is 0 Å². The molecule has 1 saturated heterocycles. The third kappa shape index (κ3) is 3.96. The molecule has 0 aromatic heterocycles. The van der Waals surface area contributed by atoms with Crippen molar-refractivity contribution < 1.29 is 9.53 Å². The normalized spacial score (nSPS) is 19.2. The van der Waals surface area contributed by atoms with E-state index in [1.807, 2.05) is 38.1 Å². The van der Waals surface area contributed by atoms with Crippen LogP contribution in [0, 0.1) is 0 Å². The Kier molecular flexibility index (Phi) is 4.80. The zero-order valence-electron chi connectivity index (χ0n) is 11.6. The number of benzene rings is 1. The number of para-hydroxylation sites is 2. The molecule has 0 bridgehead atoms. The first-order chi connectivity index (χ1) is 9.16. The van der Waals surface area contributed by atoms with E-state index < -0.39 is 0 Å². The molecular formula is C15H22N2O2. The minimum absolute atomic E-state index is 0.0273. The second kappa shape index (κ2) is 6.57. The molecular weight excluding hydrogens is 240 g/mol. The van der Waals surface area contributed by atoms with Gasteiger partial charge in [0.25, 0.3) is 0 Å². The molecule has 19 heavy (non-hydrogen) atoms. The van der Waals surface area contributed by atoms with E-state index in [9.17, 15) is 4.79 Å². The van der Waals surface area contributed by atoms with Crippen LogP contribution in [0.4, 0.5) is 5.69 Å². The van der Waals surface area contributed by atoms with Crippen molar-refractivity contribution in [2.75, 3.05) is 11.9 Å². The number of amides is 1. The van der Waals surface area contributed by atoms with Crippen molar-refractivity contribution in [3.8, 4) is 5.75 Å². The molecule has 2 N–H and O–H groups in total. The van der Waals surface area contributed by atoms with Crippen LogP contribution in [0.5, 0.6) is 5.75 Å². The number of nitrogens with one attached hydrogen (secondary N) is 2. The Balaban J connectivity index is 2.03. The average molecular weight is 262 g/mol. The van der Waals surface area contributed by atoms with Crippen LogP contribution in [0.1, 0.15) is 33.1 Å². The largest absolute Gasteiger partial charge is 0.489 e. The lowest BCUT2D eigenvalue weighted by Gasteiger charge is -2.23. The van der Waals surface area contributed by atoms with E-state index in [4.69, 9.17) is 4.74 Å². The lowest BCUT2D eigenvalue weighted by Crippen LogP contribution is -2.43. The van der Waals surface area contributed by atoms with Crippen molar-refractivity contribution in [1.82, 2.24) is 5.32 Å². The molecule has 1 atom stereocenters. The monoisotopic (exact) mass is 262 g/mol. The van der Waals surface area contributed by atoms with Crippen LogP contribution in [0.3, 0.4) is 0 Å². The Bertz CT molecular complexity index is 426. The smallest absolute Gasteiger partial charge is 0.241 e. The maximum Gasteiger partial charge on any atom is 0.241 e. The van der Waals surface area contributed by atoms with Crippen LogP contribution in [-0.2, 0) is 4.79 Å². The Labute approximate surface area is 114 Å². The molecule has 1 heterocycles. The van der Waals surface area contributed by atoms with Gasteiger partial charge in [0.15, 0.2) is 0 Å². The van der Waals surface area contributed by atoms with E-state index in [0.29, 0.717) is 0 Å². The molecule has 1 aromatic rings. The van der Waals surface area contributed by atoms with Gasteiger partial charge in [0.05, 0.1) is 17.8 Å². The summed E-state index contributed by atoms with van der Waals surface area (Å²) in [5.41, 5.74) is 0.744. The zero-order chi connectivity index (χ0) is 13.7. The topological polar surface area (TPSA) is 50.4 Å². The molecule has 2 rings (SSSR count). The molecule has 104 valence electrons. The van der Waals surface area contributed by atoms with Gasteiger partial charge in [-0.25, -0.2) is 0 Å². The maximum atomic E-state index is 12.2. The summed E-state index contributed by atoms with van der Waals surface area (Å²) < 4.78 is 5.70. The van der Waals surface area contributed by atoms with Gasteiger partial charge in [-0.05, 0) is 45.4 Å². The summed E-state index contributed by atoms with van der Waals surface area (Å²) in [6.07, 6.45) is 3.25. The first kappa shape index (κ1) is 13.9. The van der Waals surface area contributed by atoms with Gasteiger partial charge in [-0.2, -0.15) is 0 Å². The highest BCUT2D eigenvalue weighted by molar-refractivity contribution is 5.96. The highest BCUT2D eigenvalue weighted by atomic mass is 16.5. The van der Waals surface area contributed by atoms with Gasteiger partial charge in [-0.15, -0.1) is 0 Å². The summed E-state index contributed by atoms with van der Waals surface area (Å²) in [6.45, 7) is 4.87. The lowest BCUT2D eigenvalue weighted by atomic mass is 10.0. The molecule has 4 heteroatoms. The Morgan fingerprint density at radius 3 is 2.84 bits per heavy atom. The average Bonchev–Trinajstić information content (AvgIpc) is 2.41. The Hall–Kier alpha value is -1.55. The highest BCUT2D eigenvalue weighted by Crippen LogP contribution is 2.25. The summed E-state index contributed by atoms with van der Waals surface area (Å²) in [7, 11) is 0. The quantitative estimate of drug-likeness (QED) is 0.876. The lowest BCUT2D eigenvalue weighted by molar-refractivity contribution is -0.118. The number of carbonyl (C=O) groups excluding carboxylic acids is 1. The van der Waals surface area contributed by atoms with Crippen LogP contribution in [0.2, 0.25) is 0 Å². The number of hydrogen-bond acceptors (Lipinski definition) is 3. The molecule has 1 fully saturated rings. The summed E-state index contributed by atoms with van der Waals surface area (Å²) in [6, 6.07) is 7.48. The Morgan fingerprint density at radius 2 is 2.16 bits per heavy atom. The second-order valence-electron chi connectivity index (χ2n) is 5.15. The molecule has 1 aliphatic rings. The number of piperidine rings is 1. The summed E-state index contributed by atoms with van der Waals surface area (Å²) >= 11 is 0. The van der Waals surface area contributed by atoms with Crippen LogP contribution >= 0.6 is 0 Å². The fourth-order valence-corrected chi connectivity index (χ4v) is 2.22. The summed E-state index contributed by atoms with van der Waals surface area (Å²) in [5.74, 6) is 0.751. The minimum Gasteiger partial charge on any atom is -0.489 e. The predicted molar refractivity (Wildman–Crippen MR) is 76.5 cm³/mol. The number of anilines is 1. The van der Waals surface area contributed by atoms with E-state index in [0.717, 1.165) is 37.2 Å². The molecule has 0 spiro atoms. The molecule has 1 aliphatic heterocycles. The fourth-order valence-electron chi connectivity index (χ4n) is 2.22. The number of hydrogen-bond donors (Lipinski definition) is 2. The SMILES string of the molecule is CC(C)Oc1ccccc1NC(=O)C1CCCCN1. The van der Waals surface area contributed by atoms with Crippen molar-refractivity contribution in [2.45, 2.75) is 45.3 Å². The third-order valence-electron chi connectivity index (χ3n) is 3.13. The van der Waals surface area contributed by atoms with Gasteiger partial charge >= 0.3 is 0 Å². The van der Waals surface area contributed by atoms with Crippen molar-refractivity contribution in [3.05, 3.63) is 24.3 Å². The summed E-state index contributed by atoms with van der Waals surface area (Å²) in [5, 5.41) is 6.21. The number of ether oxygens (including phenoxy) is 1. The first-order valence-corrected chi connectivity index (χ1v) is 6.97. The number of carbonyl (C=O) groups is 1. The van der Waals surface area contributed by atoms with Crippen molar-refractivity contribution in [3.63, 3.8) is 0 Å². The van der Waals surface area contributed by atoms with Gasteiger partial charge in [-0.3, -0.25) is 4.79 Å². The van der Waals surface area contributed by atoms with E-state index in [1.54, 1.807) is 0 Å². The van der Waals surface area contributed by atoms with Crippen LogP contribution < -0.4 is 15.4 Å². The van der Waals surface area contributed by atoms with Crippen LogP contribution in [-0.4, -0.2) is 24.6 Å². The van der Waals surface area contributed by atoms with Gasteiger partial charge < -0.3 is 15.4 Å². The first-order valence-electron chi connectivity index (χ1n) is 6.97. The second-order valence-corrected chi connectivity index (χ2v) is 5.15. The minimum atomic E-state index is -0.0825. The van der Waals surface area contributed by atoms with Gasteiger partial charge in [0, 0.05) is 0 Å². The summed E-state index contributed by atoms with van der Waals surface area (Å²) in [4.78, 5) is 12.2. The standard InChI is InChI=1S/C15H22N2O2/c1-11(2)19-14-9-4-3-7-12(14)17-15(18)13-8-5-6-10-16-13/h3-4,7,9,11,13,16H,5-6,8,10H2,1-2H3,(H,17,18). The number of rotatable bonds is 4. The molecule has 0 aliphatic carbocycles. The van der Waals surface area contributed by atoms with Crippen LogP contribution in [0.15, 0.2) is 24.3 Å². The van der Waals surface area contributed by atoms with Gasteiger partial charge in [0.2, 0.25) is 5.91 Å². The van der Waals surface area contributed by atoms with Crippen molar-refractivity contribution in [2.24, 2.45) is 0 Å². The van der Waals surface area contributed by atoms with E-state index in [1.165, 1.54) is 0 Å². The van der Waals surface area contributed by atoms with E-state index >= 15 is 0 Å². The highest BCUT2D eigenvalue weighted by Gasteiger charge is 2.21. The van der Waals surface area contributed by atoms with Gasteiger partial charge in [-0.1, -0.05) is 18.6 Å². The zero-order valence-corrected chi connectivity index (χ0v) is 11.6. The molecule has 1 amide bonds. The Morgan fingerprint density at radius 1 is 1.37 bits per heavy atom. The van der Waals surface area contributed by atoms with E-state index in [-0.39, 0.29) is 18.1 Å². The fraction of sp³-hybridized carbons (Fsp3) is 0.533. The molecule has 0 saturated carbocycles. The molecule has 4 nitrogen and oxygen atoms in total.